The number of ether oxygens (including phenoxy) is 2. The van der Waals surface area contributed by atoms with Gasteiger partial charge in [0.1, 0.15) is 0 Å². The first kappa shape index (κ1) is 16.6. The first-order chi connectivity index (χ1) is 10.5. The summed E-state index contributed by atoms with van der Waals surface area (Å²) in [5, 5.41) is 0. The average molecular weight is 332 g/mol. The van der Waals surface area contributed by atoms with Crippen molar-refractivity contribution in [2.24, 2.45) is 17.8 Å². The standard InChI is InChI=1S/C15H28N2O4S/c1-12-8-13(2)10-17(9-12)22(18,19)16-5-3-4-14(11-16)15-20-6-7-21-15/h12-15H,3-11H2,1-2H3/t12-,13-,14+/m1/s1. The fourth-order valence-electron chi connectivity index (χ4n) is 4.01. The second kappa shape index (κ2) is 6.73. The van der Waals surface area contributed by atoms with Crippen molar-refractivity contribution in [1.29, 1.82) is 0 Å². The van der Waals surface area contributed by atoms with E-state index in [1.165, 1.54) is 0 Å². The monoisotopic (exact) mass is 332 g/mol. The van der Waals surface area contributed by atoms with Crippen LogP contribution in [-0.2, 0) is 19.7 Å². The van der Waals surface area contributed by atoms with Crippen molar-refractivity contribution in [3.8, 4) is 0 Å². The van der Waals surface area contributed by atoms with Gasteiger partial charge < -0.3 is 9.47 Å². The van der Waals surface area contributed by atoms with Crippen molar-refractivity contribution in [3.63, 3.8) is 0 Å². The maximum Gasteiger partial charge on any atom is 0.282 e. The highest BCUT2D eigenvalue weighted by Gasteiger charge is 2.39. The highest BCUT2D eigenvalue weighted by molar-refractivity contribution is 7.86. The molecule has 0 N–H and O–H groups in total. The number of hydrogen-bond acceptors (Lipinski definition) is 4. The molecular weight excluding hydrogens is 304 g/mol. The largest absolute Gasteiger partial charge is 0.350 e. The minimum Gasteiger partial charge on any atom is -0.350 e. The van der Waals surface area contributed by atoms with Crippen LogP contribution in [0.15, 0.2) is 0 Å². The third-order valence-corrected chi connectivity index (χ3v) is 6.88. The molecule has 0 saturated carbocycles. The van der Waals surface area contributed by atoms with E-state index >= 15 is 0 Å². The van der Waals surface area contributed by atoms with Crippen molar-refractivity contribution in [1.82, 2.24) is 8.61 Å². The van der Waals surface area contributed by atoms with E-state index < -0.39 is 10.2 Å². The normalized spacial score (nSPS) is 36.7. The zero-order valence-corrected chi connectivity index (χ0v) is 14.4. The molecule has 0 unspecified atom stereocenters. The molecule has 0 aromatic carbocycles. The summed E-state index contributed by atoms with van der Waals surface area (Å²) in [6.07, 6.45) is 2.74. The highest BCUT2D eigenvalue weighted by Crippen LogP contribution is 2.30. The summed E-state index contributed by atoms with van der Waals surface area (Å²) < 4.78 is 40.4. The Bertz CT molecular complexity index is 468. The van der Waals surface area contributed by atoms with Gasteiger partial charge in [0.25, 0.3) is 10.2 Å². The van der Waals surface area contributed by atoms with Crippen molar-refractivity contribution < 1.29 is 17.9 Å². The van der Waals surface area contributed by atoms with Gasteiger partial charge in [0.2, 0.25) is 0 Å². The van der Waals surface area contributed by atoms with Crippen LogP contribution in [-0.4, -0.2) is 62.7 Å². The topological polar surface area (TPSA) is 59.1 Å². The molecule has 3 rings (SSSR count). The molecule has 3 saturated heterocycles. The van der Waals surface area contributed by atoms with E-state index in [9.17, 15) is 8.42 Å². The zero-order chi connectivity index (χ0) is 15.7. The van der Waals surface area contributed by atoms with Gasteiger partial charge in [-0.25, -0.2) is 0 Å². The lowest BCUT2D eigenvalue weighted by molar-refractivity contribution is -0.0943. The molecule has 0 spiro atoms. The number of rotatable bonds is 3. The molecule has 6 nitrogen and oxygen atoms in total. The third kappa shape index (κ3) is 3.48. The van der Waals surface area contributed by atoms with Crippen LogP contribution in [0, 0.1) is 17.8 Å². The molecule has 0 aromatic rings. The number of hydrogen-bond donors (Lipinski definition) is 0. The van der Waals surface area contributed by atoms with E-state index in [0.29, 0.717) is 51.2 Å². The summed E-state index contributed by atoms with van der Waals surface area (Å²) in [6, 6.07) is 0. The molecule has 7 heteroatoms. The Hall–Kier alpha value is -0.210. The molecule has 128 valence electrons. The molecule has 3 atom stereocenters. The second-order valence-corrected chi connectivity index (χ2v) is 9.07. The van der Waals surface area contributed by atoms with Crippen LogP contribution >= 0.6 is 0 Å². The zero-order valence-electron chi connectivity index (χ0n) is 13.6. The quantitative estimate of drug-likeness (QED) is 0.781. The summed E-state index contributed by atoms with van der Waals surface area (Å²) in [6.45, 7) is 7.94. The summed E-state index contributed by atoms with van der Waals surface area (Å²) in [7, 11) is -3.36. The highest BCUT2D eigenvalue weighted by atomic mass is 32.2. The molecule has 3 aliphatic rings. The van der Waals surface area contributed by atoms with Gasteiger partial charge in [0.15, 0.2) is 6.29 Å². The average Bonchev–Trinajstić information content (AvgIpc) is 3.00. The van der Waals surface area contributed by atoms with Gasteiger partial charge in [-0.3, -0.25) is 0 Å². The lowest BCUT2D eigenvalue weighted by Crippen LogP contribution is -2.53. The molecule has 3 heterocycles. The molecule has 3 fully saturated rings. The van der Waals surface area contributed by atoms with Gasteiger partial charge in [-0.1, -0.05) is 13.8 Å². The molecule has 3 aliphatic heterocycles. The van der Waals surface area contributed by atoms with Gasteiger partial charge in [-0.2, -0.15) is 17.0 Å². The summed E-state index contributed by atoms with van der Waals surface area (Å²) in [5.41, 5.74) is 0. The smallest absolute Gasteiger partial charge is 0.282 e. The SMILES string of the molecule is C[C@@H]1C[C@@H](C)CN(S(=O)(=O)N2CCC[C@H](C3OCCO3)C2)C1. The van der Waals surface area contributed by atoms with Crippen LogP contribution in [0.1, 0.15) is 33.1 Å². The van der Waals surface area contributed by atoms with E-state index in [1.807, 2.05) is 0 Å². The van der Waals surface area contributed by atoms with Gasteiger partial charge in [-0.05, 0) is 31.1 Å². The van der Waals surface area contributed by atoms with Crippen molar-refractivity contribution in [2.75, 3.05) is 39.4 Å². The minimum absolute atomic E-state index is 0.158. The molecule has 22 heavy (non-hydrogen) atoms. The fourth-order valence-corrected chi connectivity index (χ4v) is 5.96. The molecule has 0 bridgehead atoms. The third-order valence-electron chi connectivity index (χ3n) is 4.94. The van der Waals surface area contributed by atoms with Crippen LogP contribution in [0.4, 0.5) is 0 Å². The van der Waals surface area contributed by atoms with E-state index in [4.69, 9.17) is 9.47 Å². The number of nitrogens with zero attached hydrogens (tertiary/aromatic N) is 2. The maximum absolute atomic E-state index is 13.0. The lowest BCUT2D eigenvalue weighted by atomic mass is 9.94. The fraction of sp³-hybridized carbons (Fsp3) is 1.00. The molecule has 0 aliphatic carbocycles. The van der Waals surface area contributed by atoms with Crippen LogP contribution in [0.25, 0.3) is 0 Å². The van der Waals surface area contributed by atoms with E-state index in [-0.39, 0.29) is 12.2 Å². The van der Waals surface area contributed by atoms with Gasteiger partial charge in [-0.15, -0.1) is 0 Å². The van der Waals surface area contributed by atoms with Gasteiger partial charge in [0.05, 0.1) is 13.2 Å². The molecule has 0 radical (unpaired) electrons. The maximum atomic E-state index is 13.0. The Kier molecular flexibility index (Phi) is 5.09. The predicted octanol–water partition coefficient (Wildman–Crippen LogP) is 1.29. The van der Waals surface area contributed by atoms with E-state index in [2.05, 4.69) is 13.8 Å². The van der Waals surface area contributed by atoms with Crippen molar-refractivity contribution >= 4 is 10.2 Å². The second-order valence-electron chi connectivity index (χ2n) is 7.14. The van der Waals surface area contributed by atoms with Gasteiger partial charge >= 0.3 is 0 Å². The van der Waals surface area contributed by atoms with Crippen molar-refractivity contribution in [2.45, 2.75) is 39.4 Å². The van der Waals surface area contributed by atoms with Crippen LogP contribution in [0.2, 0.25) is 0 Å². The minimum atomic E-state index is -3.36. The van der Waals surface area contributed by atoms with Gasteiger partial charge in [0, 0.05) is 32.1 Å². The Balaban J connectivity index is 1.68. The van der Waals surface area contributed by atoms with Crippen LogP contribution in [0.3, 0.4) is 0 Å². The first-order valence-electron chi connectivity index (χ1n) is 8.45. The summed E-state index contributed by atoms with van der Waals surface area (Å²) >= 11 is 0. The predicted molar refractivity (Wildman–Crippen MR) is 83.4 cm³/mol. The van der Waals surface area contributed by atoms with Crippen molar-refractivity contribution in [3.05, 3.63) is 0 Å². The Morgan fingerprint density at radius 3 is 2.23 bits per heavy atom. The molecular formula is C15H28N2O4S. The van der Waals surface area contributed by atoms with Crippen LogP contribution < -0.4 is 0 Å². The Morgan fingerprint density at radius 1 is 0.955 bits per heavy atom. The Morgan fingerprint density at radius 2 is 1.59 bits per heavy atom. The van der Waals surface area contributed by atoms with Crippen LogP contribution in [0.5, 0.6) is 0 Å². The first-order valence-corrected chi connectivity index (χ1v) is 9.85. The van der Waals surface area contributed by atoms with E-state index in [0.717, 1.165) is 19.3 Å². The number of piperidine rings is 2. The van der Waals surface area contributed by atoms with E-state index in [1.54, 1.807) is 8.61 Å². The summed E-state index contributed by atoms with van der Waals surface area (Å²) in [4.78, 5) is 0. The lowest BCUT2D eigenvalue weighted by Gasteiger charge is -2.40. The molecule has 0 aromatic heterocycles. The summed E-state index contributed by atoms with van der Waals surface area (Å²) in [5.74, 6) is 1.02. The molecule has 0 amide bonds. The Labute approximate surface area is 133 Å².